The quantitative estimate of drug-likeness (QED) is 0.120. The number of benzene rings is 8. The van der Waals surface area contributed by atoms with Crippen LogP contribution in [0.1, 0.15) is 146 Å². The Morgan fingerprint density at radius 2 is 0.735 bits per heavy atom. The van der Waals surface area contributed by atoms with E-state index in [0.29, 0.717) is 45.1 Å². The minimum atomic E-state index is -4.18. The molecule has 432 valence electrons. The fourth-order valence-corrected chi connectivity index (χ4v) is 16.2. The molecule has 0 aliphatic rings. The molecule has 0 atom stereocenters. The van der Waals surface area contributed by atoms with Crippen molar-refractivity contribution >= 4 is 57.6 Å². The van der Waals surface area contributed by atoms with Gasteiger partial charge in [-0.05, 0) is 0 Å². The minimum absolute atomic E-state index is 0.0230. The van der Waals surface area contributed by atoms with Gasteiger partial charge in [0.25, 0.3) is 0 Å². The van der Waals surface area contributed by atoms with Gasteiger partial charge in [0.15, 0.2) is 0 Å². The van der Waals surface area contributed by atoms with E-state index in [2.05, 4.69) is 193 Å². The van der Waals surface area contributed by atoms with Crippen LogP contribution >= 0.6 is 0 Å². The van der Waals surface area contributed by atoms with Gasteiger partial charge < -0.3 is 0 Å². The van der Waals surface area contributed by atoms with E-state index in [-0.39, 0.29) is 38.6 Å². The van der Waals surface area contributed by atoms with Crippen molar-refractivity contribution in [2.75, 3.05) is 0 Å². The number of aromatic hydroxyl groups is 2. The molecule has 0 bridgehead atoms. The van der Waals surface area contributed by atoms with E-state index >= 15 is 8.78 Å². The predicted molar refractivity (Wildman–Crippen MR) is 346 cm³/mol. The van der Waals surface area contributed by atoms with Crippen LogP contribution < -0.4 is 7.53 Å². The average Bonchev–Trinajstić information content (AvgIpc) is 1.89. The number of phenols is 2. The Morgan fingerprint density at radius 3 is 1.08 bits per heavy atom. The number of para-hydroxylation sites is 2. The molecule has 0 aliphatic carbocycles. The van der Waals surface area contributed by atoms with Gasteiger partial charge in [-0.1, -0.05) is 41.5 Å². The molecule has 0 aliphatic heterocycles. The molecule has 0 radical (unpaired) electrons. The molecule has 2 N–H and O–H groups in total. The number of hydrogen-bond acceptors (Lipinski definition) is 4. The molecule has 0 spiro atoms. The number of aromatic nitrogens is 2. The molecule has 2 aromatic heterocycles. The van der Waals surface area contributed by atoms with Crippen molar-refractivity contribution in [3.63, 3.8) is 0 Å². The van der Waals surface area contributed by atoms with Crippen molar-refractivity contribution in [1.82, 2.24) is 9.13 Å². The predicted octanol–water partition coefficient (Wildman–Crippen LogP) is 21.1. The van der Waals surface area contributed by atoms with E-state index in [0.717, 1.165) is 67.6 Å². The number of rotatable bonds is 12. The molecule has 0 saturated heterocycles. The first-order chi connectivity index (χ1) is 38.5. The van der Waals surface area contributed by atoms with Crippen molar-refractivity contribution in [2.24, 2.45) is 10.8 Å². The average molecular weight is 1180 g/mol. The number of phenolic OH excluding ortho intramolecular Hbond substituents is 2. The summed E-state index contributed by atoms with van der Waals surface area (Å²) in [6.07, 6.45) is 1.64. The molecule has 9 heteroatoms. The first-order valence-corrected chi connectivity index (χ1v) is 35.2. The fraction of sp³-hybridized carbons (Fsp3) is 0.351. The van der Waals surface area contributed by atoms with Crippen molar-refractivity contribution in [2.45, 2.75) is 157 Å². The van der Waals surface area contributed by atoms with Gasteiger partial charge >= 0.3 is 455 Å². The monoisotopic (exact) mass is 1180 g/mol. The van der Waals surface area contributed by atoms with Crippen LogP contribution in [-0.2, 0) is 21.7 Å². The zero-order valence-corrected chi connectivity index (χ0v) is 54.2. The molecule has 10 rings (SSSR count). The Hall–Kier alpha value is -7.04. The van der Waals surface area contributed by atoms with Crippen LogP contribution in [-0.4, -0.2) is 33.3 Å². The van der Waals surface area contributed by atoms with E-state index in [9.17, 15) is 10.2 Å². The maximum atomic E-state index is 16.2. The van der Waals surface area contributed by atoms with E-state index in [1.54, 1.807) is 12.1 Å². The summed E-state index contributed by atoms with van der Waals surface area (Å²) in [7, 11) is 0. The molecule has 0 unspecified atom stereocenters. The second-order valence-corrected chi connectivity index (χ2v) is 36.3. The van der Waals surface area contributed by atoms with Crippen molar-refractivity contribution in [3.8, 4) is 56.6 Å². The van der Waals surface area contributed by atoms with E-state index < -0.39 is 31.0 Å². The molecule has 10 aromatic rings. The summed E-state index contributed by atoms with van der Waals surface area (Å²) in [5, 5.41) is 30.3. The molecule has 2 heterocycles. The third-order valence-corrected chi connectivity index (χ3v) is 19.4. The molecule has 0 fully saturated rings. The van der Waals surface area contributed by atoms with Crippen LogP contribution in [0.4, 0.5) is 8.78 Å². The summed E-state index contributed by atoms with van der Waals surface area (Å²) < 4.78 is 50.8. The molecule has 0 saturated carbocycles. The summed E-state index contributed by atoms with van der Waals surface area (Å²) >= 11 is -4.18. The van der Waals surface area contributed by atoms with Gasteiger partial charge in [-0.25, -0.2) is 0 Å². The summed E-state index contributed by atoms with van der Waals surface area (Å²) in [4.78, 5) is 0. The van der Waals surface area contributed by atoms with Crippen molar-refractivity contribution in [1.29, 1.82) is 0 Å². The summed E-state index contributed by atoms with van der Waals surface area (Å²) in [5.74, 6) is 3.51. The summed E-state index contributed by atoms with van der Waals surface area (Å²) in [5.41, 5.74) is 9.66. The van der Waals surface area contributed by atoms with E-state index in [1.165, 1.54) is 35.4 Å². The fourth-order valence-electron chi connectivity index (χ4n) is 13.2. The first-order valence-electron chi connectivity index (χ1n) is 29.3. The second-order valence-electron chi connectivity index (χ2n) is 29.6. The molecular formula is C74H84F2GeN2O4. The zero-order valence-electron chi connectivity index (χ0n) is 52.1. The normalized spacial score (nSPS) is 13.3. The van der Waals surface area contributed by atoms with Crippen LogP contribution in [0.25, 0.3) is 77.2 Å². The number of fused-ring (bicyclic) bond motifs is 6. The Bertz CT molecular complexity index is 4040. The summed E-state index contributed by atoms with van der Waals surface area (Å²) in [6.45, 7) is 35.6. The Morgan fingerprint density at radius 1 is 0.386 bits per heavy atom. The van der Waals surface area contributed by atoms with Gasteiger partial charge in [-0.15, -0.1) is 0 Å². The standard InChI is InChI=1S/C74H84F2GeN2O4/c1-69(2,3)43-73(13,14)47-37-57(67(80)63(39-47)78-59-25-21-19-23-51(59)52-24-20-22-26-60(52)78)55-41-49(75)29-33-65(55)82-77(17,18)83-66-34-30-50(76)42-56(66)58-38-48(74(15,16)44-70(4,5)6)40-64(68(58)81)79-61-31-27-45(71(7,8)9)35-53(61)54-36-46(72(10,11)12)28-32-62(54)79/h19-42,80-81H,43-44H2,1-18H3. The summed E-state index contributed by atoms with van der Waals surface area (Å²) in [6, 6.07) is 46.7. The Balaban J connectivity index is 1.14. The van der Waals surface area contributed by atoms with Crippen LogP contribution in [0, 0.1) is 22.5 Å². The van der Waals surface area contributed by atoms with Gasteiger partial charge in [-0.2, -0.15) is 0 Å². The molecule has 8 aromatic carbocycles. The Labute approximate surface area is 494 Å². The Kier molecular flexibility index (Phi) is 14.7. The van der Waals surface area contributed by atoms with Crippen LogP contribution in [0.3, 0.4) is 0 Å². The van der Waals surface area contributed by atoms with E-state index in [4.69, 9.17) is 7.53 Å². The van der Waals surface area contributed by atoms with Crippen molar-refractivity contribution < 1.29 is 26.5 Å². The topological polar surface area (TPSA) is 68.8 Å². The van der Waals surface area contributed by atoms with E-state index in [1.807, 2.05) is 47.9 Å². The van der Waals surface area contributed by atoms with Gasteiger partial charge in [0, 0.05) is 0 Å². The number of hydrogen-bond donors (Lipinski definition) is 2. The van der Waals surface area contributed by atoms with Crippen molar-refractivity contribution in [3.05, 3.63) is 179 Å². The zero-order chi connectivity index (χ0) is 60.3. The van der Waals surface area contributed by atoms with Gasteiger partial charge in [0.1, 0.15) is 0 Å². The first kappa shape index (κ1) is 59.1. The number of halogens is 2. The molecule has 6 nitrogen and oxygen atoms in total. The maximum absolute atomic E-state index is 16.2. The molecular weight excluding hydrogens is 1090 g/mol. The third-order valence-electron chi connectivity index (χ3n) is 16.4. The second kappa shape index (κ2) is 20.6. The van der Waals surface area contributed by atoms with Crippen LogP contribution in [0.15, 0.2) is 146 Å². The van der Waals surface area contributed by atoms with Crippen LogP contribution in [0.5, 0.6) is 23.0 Å². The third kappa shape index (κ3) is 11.7. The van der Waals surface area contributed by atoms with Gasteiger partial charge in [-0.3, -0.25) is 0 Å². The molecule has 83 heavy (non-hydrogen) atoms. The van der Waals surface area contributed by atoms with Gasteiger partial charge in [0.05, 0.1) is 0 Å². The van der Waals surface area contributed by atoms with Gasteiger partial charge in [0.2, 0.25) is 0 Å². The molecule has 0 amide bonds. The SMILES string of the molecule is CC(C)(C)CC(C)(C)c1cc(-c2cc(F)ccc2[O][Ge]([CH3])([CH3])[O]c2ccc(F)cc2-c2cc(C(C)(C)CC(C)(C)C)cc(-n3c4ccc(C(C)(C)C)cc4c4cc(C(C)(C)C)ccc43)c2O)c(O)c(-n2c3ccccc3c3ccccc32)c1. The van der Waals surface area contributed by atoms with Crippen LogP contribution in [0.2, 0.25) is 11.5 Å². The number of nitrogens with zero attached hydrogens (tertiary/aromatic N) is 2.